The summed E-state index contributed by atoms with van der Waals surface area (Å²) >= 11 is 0. The molecule has 35 heavy (non-hydrogen) atoms. The Kier molecular flexibility index (Phi) is 7.20. The molecule has 0 atom stereocenters. The van der Waals surface area contributed by atoms with Gasteiger partial charge in [-0.05, 0) is 37.1 Å². The molecule has 0 aliphatic carbocycles. The van der Waals surface area contributed by atoms with Gasteiger partial charge in [-0.15, -0.1) is 0 Å². The number of carbonyl (C=O) groups excluding carboxylic acids is 2. The number of amides is 1. The molecule has 0 bridgehead atoms. The van der Waals surface area contributed by atoms with Crippen molar-refractivity contribution in [3.8, 4) is 0 Å². The van der Waals surface area contributed by atoms with Crippen LogP contribution in [0.2, 0.25) is 0 Å². The number of methoxy groups -OCH3 is 1. The van der Waals surface area contributed by atoms with Crippen molar-refractivity contribution in [3.05, 3.63) is 87.9 Å². The molecule has 4 rings (SSSR count). The molecule has 10 heteroatoms. The average molecular weight is 475 g/mol. The third-order valence-electron chi connectivity index (χ3n) is 5.63. The zero-order valence-electron chi connectivity index (χ0n) is 19.5. The van der Waals surface area contributed by atoms with E-state index >= 15 is 0 Å². The van der Waals surface area contributed by atoms with Gasteiger partial charge < -0.3 is 20.4 Å². The van der Waals surface area contributed by atoms with E-state index in [4.69, 9.17) is 4.74 Å². The van der Waals surface area contributed by atoms with Crippen LogP contribution in [0.4, 0.5) is 5.82 Å². The zero-order valence-corrected chi connectivity index (χ0v) is 19.5. The van der Waals surface area contributed by atoms with E-state index in [0.29, 0.717) is 24.2 Å². The highest BCUT2D eigenvalue weighted by Crippen LogP contribution is 2.12. The molecule has 1 aromatic carbocycles. The van der Waals surface area contributed by atoms with Crippen LogP contribution in [0.25, 0.3) is 10.9 Å². The number of anilines is 1. The summed E-state index contributed by atoms with van der Waals surface area (Å²) in [6, 6.07) is 11.0. The third kappa shape index (κ3) is 5.55. The molecular formula is C25H26N6O4. The molecule has 0 spiro atoms. The smallest absolute Gasteiger partial charge is 0.338 e. The average Bonchev–Trinajstić information content (AvgIpc) is 3.34. The summed E-state index contributed by atoms with van der Waals surface area (Å²) in [6.07, 6.45) is 5.58. The molecule has 0 aliphatic heterocycles. The summed E-state index contributed by atoms with van der Waals surface area (Å²) in [4.78, 5) is 49.0. The first-order chi connectivity index (χ1) is 17.0. The van der Waals surface area contributed by atoms with E-state index in [9.17, 15) is 14.4 Å². The summed E-state index contributed by atoms with van der Waals surface area (Å²) in [5, 5.41) is 6.84. The number of nitrogens with zero attached hydrogens (tertiary/aromatic N) is 3. The molecule has 3 aromatic heterocycles. The van der Waals surface area contributed by atoms with Crippen LogP contribution in [0.1, 0.15) is 27.3 Å². The lowest BCUT2D eigenvalue weighted by Gasteiger charge is -2.13. The molecule has 3 heterocycles. The topological polar surface area (TPSA) is 131 Å². The van der Waals surface area contributed by atoms with Gasteiger partial charge in [0, 0.05) is 30.0 Å². The van der Waals surface area contributed by atoms with Gasteiger partial charge in [0.2, 0.25) is 5.91 Å². The summed E-state index contributed by atoms with van der Waals surface area (Å²) in [5.41, 5.74) is 3.09. The second-order valence-corrected chi connectivity index (χ2v) is 7.98. The van der Waals surface area contributed by atoms with Crippen molar-refractivity contribution in [1.29, 1.82) is 0 Å². The monoisotopic (exact) mass is 474 g/mol. The normalized spacial score (nSPS) is 10.8. The second kappa shape index (κ2) is 10.6. The lowest BCUT2D eigenvalue weighted by Crippen LogP contribution is -2.34. The van der Waals surface area contributed by atoms with E-state index in [0.717, 1.165) is 22.2 Å². The van der Waals surface area contributed by atoms with Gasteiger partial charge in [-0.1, -0.05) is 18.2 Å². The molecule has 0 fully saturated rings. The number of hydrogen-bond donors (Lipinski definition) is 3. The van der Waals surface area contributed by atoms with Gasteiger partial charge in [0.25, 0.3) is 5.56 Å². The Morgan fingerprint density at radius 1 is 1.14 bits per heavy atom. The fourth-order valence-corrected chi connectivity index (χ4v) is 3.73. The molecule has 0 saturated heterocycles. The fraction of sp³-hybridized carbons (Fsp3) is 0.240. The van der Waals surface area contributed by atoms with Gasteiger partial charge in [0.05, 0.1) is 36.6 Å². The van der Waals surface area contributed by atoms with Crippen molar-refractivity contribution in [2.45, 2.75) is 26.4 Å². The standard InChI is InChI=1S/C25H26N6O4/c1-16-12-30-23(27-10-7-17-5-3-4-6-20(17)25(34)35-2)24(33)31(16)15-22(32)29-13-19-11-18-8-9-26-21(18)14-28-19/h3-6,8-9,11-12,14,26H,7,10,13,15H2,1-2H3,(H,27,30)(H,29,32). The van der Waals surface area contributed by atoms with Gasteiger partial charge in [-0.3, -0.25) is 19.1 Å². The number of pyridine rings is 1. The van der Waals surface area contributed by atoms with Gasteiger partial charge in [-0.2, -0.15) is 0 Å². The zero-order chi connectivity index (χ0) is 24.8. The minimum absolute atomic E-state index is 0.138. The van der Waals surface area contributed by atoms with Crippen molar-refractivity contribution in [2.24, 2.45) is 0 Å². The van der Waals surface area contributed by atoms with Crippen molar-refractivity contribution < 1.29 is 14.3 Å². The Morgan fingerprint density at radius 3 is 2.80 bits per heavy atom. The number of esters is 1. The van der Waals surface area contributed by atoms with Gasteiger partial charge in [-0.25, -0.2) is 9.78 Å². The molecule has 180 valence electrons. The maximum atomic E-state index is 12.9. The first kappa shape index (κ1) is 23.7. The molecule has 0 saturated carbocycles. The number of ether oxygens (including phenoxy) is 1. The second-order valence-electron chi connectivity index (χ2n) is 7.98. The molecule has 1 amide bonds. The van der Waals surface area contributed by atoms with E-state index < -0.39 is 11.5 Å². The Morgan fingerprint density at radius 2 is 1.97 bits per heavy atom. The number of carbonyl (C=O) groups is 2. The molecule has 3 N–H and O–H groups in total. The Hall–Kier alpha value is -4.47. The number of benzene rings is 1. The lowest BCUT2D eigenvalue weighted by atomic mass is 10.0. The molecule has 0 unspecified atom stereocenters. The molecule has 0 aliphatic rings. The van der Waals surface area contributed by atoms with Crippen LogP contribution >= 0.6 is 0 Å². The van der Waals surface area contributed by atoms with Gasteiger partial charge in [0.1, 0.15) is 6.54 Å². The van der Waals surface area contributed by atoms with E-state index in [1.165, 1.54) is 11.7 Å². The predicted molar refractivity (Wildman–Crippen MR) is 131 cm³/mol. The summed E-state index contributed by atoms with van der Waals surface area (Å²) < 4.78 is 6.19. The first-order valence-electron chi connectivity index (χ1n) is 11.1. The van der Waals surface area contributed by atoms with E-state index in [2.05, 4.69) is 25.6 Å². The number of aryl methyl sites for hydroxylation is 1. The Bertz CT molecular complexity index is 1430. The van der Waals surface area contributed by atoms with E-state index in [-0.39, 0.29) is 24.8 Å². The van der Waals surface area contributed by atoms with Crippen LogP contribution in [0.15, 0.2) is 59.8 Å². The van der Waals surface area contributed by atoms with Crippen molar-refractivity contribution >= 4 is 28.6 Å². The number of nitrogens with one attached hydrogen (secondary N) is 3. The highest BCUT2D eigenvalue weighted by atomic mass is 16.5. The molecule has 10 nitrogen and oxygen atoms in total. The molecular weight excluding hydrogens is 448 g/mol. The van der Waals surface area contributed by atoms with Crippen LogP contribution in [0.3, 0.4) is 0 Å². The largest absolute Gasteiger partial charge is 0.465 e. The summed E-state index contributed by atoms with van der Waals surface area (Å²) in [5.74, 6) is -0.584. The molecule has 4 aromatic rings. The SMILES string of the molecule is COC(=O)c1ccccc1CCNc1ncc(C)n(CC(=O)NCc2cc3cc[nH]c3cn2)c1=O. The summed E-state index contributed by atoms with van der Waals surface area (Å²) in [6.45, 7) is 2.21. The van der Waals surface area contributed by atoms with Crippen LogP contribution in [-0.4, -0.2) is 45.1 Å². The molecule has 0 radical (unpaired) electrons. The number of rotatable bonds is 9. The highest BCUT2D eigenvalue weighted by molar-refractivity contribution is 5.91. The van der Waals surface area contributed by atoms with Crippen molar-refractivity contribution in [2.75, 3.05) is 19.0 Å². The van der Waals surface area contributed by atoms with Crippen LogP contribution in [0.5, 0.6) is 0 Å². The number of fused-ring (bicyclic) bond motifs is 1. The Balaban J connectivity index is 1.38. The lowest BCUT2D eigenvalue weighted by molar-refractivity contribution is -0.121. The van der Waals surface area contributed by atoms with E-state index in [1.807, 2.05) is 30.5 Å². The number of H-pyrrole nitrogens is 1. The van der Waals surface area contributed by atoms with Crippen molar-refractivity contribution in [1.82, 2.24) is 24.8 Å². The van der Waals surface area contributed by atoms with Crippen molar-refractivity contribution in [3.63, 3.8) is 0 Å². The first-order valence-corrected chi connectivity index (χ1v) is 11.1. The predicted octanol–water partition coefficient (Wildman–Crippen LogP) is 2.19. The minimum Gasteiger partial charge on any atom is -0.465 e. The minimum atomic E-state index is -0.411. The maximum Gasteiger partial charge on any atom is 0.338 e. The van der Waals surface area contributed by atoms with Crippen LogP contribution in [-0.2, 0) is 29.0 Å². The van der Waals surface area contributed by atoms with Gasteiger partial charge in [0.15, 0.2) is 5.82 Å². The maximum absolute atomic E-state index is 12.9. The number of aromatic amines is 1. The Labute approximate surface area is 201 Å². The third-order valence-corrected chi connectivity index (χ3v) is 5.63. The van der Waals surface area contributed by atoms with Crippen LogP contribution < -0.4 is 16.2 Å². The number of hydrogen-bond acceptors (Lipinski definition) is 7. The summed E-state index contributed by atoms with van der Waals surface area (Å²) in [7, 11) is 1.34. The van der Waals surface area contributed by atoms with Gasteiger partial charge >= 0.3 is 5.97 Å². The van der Waals surface area contributed by atoms with E-state index in [1.54, 1.807) is 31.5 Å². The highest BCUT2D eigenvalue weighted by Gasteiger charge is 2.13. The quantitative estimate of drug-likeness (QED) is 0.317. The fourth-order valence-electron chi connectivity index (χ4n) is 3.73. The number of aromatic nitrogens is 4. The van der Waals surface area contributed by atoms with Crippen LogP contribution in [0, 0.1) is 6.92 Å².